The highest BCUT2D eigenvalue weighted by molar-refractivity contribution is 7.88. The molecule has 25 heavy (non-hydrogen) atoms. The van der Waals surface area contributed by atoms with Gasteiger partial charge in [0.05, 0.1) is 11.9 Å². The Balaban J connectivity index is 2.85. The Morgan fingerprint density at radius 3 is 2.64 bits per heavy atom. The number of nitrogens with one attached hydrogen (secondary N) is 3. The van der Waals surface area contributed by atoms with Crippen molar-refractivity contribution in [3.8, 4) is 6.07 Å². The van der Waals surface area contributed by atoms with E-state index in [1.165, 1.54) is 0 Å². The fourth-order valence-electron chi connectivity index (χ4n) is 2.07. The molecule has 0 aliphatic rings. The SMILES string of the molecule is CCN(CCNS(C)(=O)=O)c1ccc(N/N=C(\C#N)C(=N)N)c(C)c1. The van der Waals surface area contributed by atoms with E-state index < -0.39 is 15.9 Å². The summed E-state index contributed by atoms with van der Waals surface area (Å²) in [6.45, 7) is 5.44. The van der Waals surface area contributed by atoms with E-state index in [1.807, 2.05) is 30.9 Å². The molecule has 0 atom stereocenters. The van der Waals surface area contributed by atoms with E-state index in [1.54, 1.807) is 12.1 Å². The van der Waals surface area contributed by atoms with Crippen LogP contribution in [0.3, 0.4) is 0 Å². The van der Waals surface area contributed by atoms with Crippen LogP contribution >= 0.6 is 0 Å². The molecule has 0 aliphatic carbocycles. The zero-order chi connectivity index (χ0) is 19.0. The molecule has 1 rings (SSSR count). The summed E-state index contributed by atoms with van der Waals surface area (Å²) in [7, 11) is -3.21. The number of sulfonamides is 1. The maximum absolute atomic E-state index is 11.1. The van der Waals surface area contributed by atoms with Gasteiger partial charge in [0.1, 0.15) is 6.07 Å². The predicted molar refractivity (Wildman–Crippen MR) is 100 cm³/mol. The first-order valence-electron chi connectivity index (χ1n) is 7.56. The minimum absolute atomic E-state index is 0.189. The summed E-state index contributed by atoms with van der Waals surface area (Å²) in [5.74, 6) is -0.403. The van der Waals surface area contributed by atoms with E-state index in [-0.39, 0.29) is 5.71 Å². The molecule has 0 radical (unpaired) electrons. The van der Waals surface area contributed by atoms with Crippen molar-refractivity contribution < 1.29 is 8.42 Å². The van der Waals surface area contributed by atoms with E-state index in [9.17, 15) is 8.42 Å². The van der Waals surface area contributed by atoms with Gasteiger partial charge in [-0.05, 0) is 37.6 Å². The second-order valence-electron chi connectivity index (χ2n) is 5.34. The van der Waals surface area contributed by atoms with E-state index in [2.05, 4.69) is 15.2 Å². The first-order valence-corrected chi connectivity index (χ1v) is 9.45. The van der Waals surface area contributed by atoms with Crippen LogP contribution in [0.4, 0.5) is 11.4 Å². The van der Waals surface area contributed by atoms with Crippen molar-refractivity contribution in [2.75, 3.05) is 36.2 Å². The van der Waals surface area contributed by atoms with E-state index in [0.29, 0.717) is 18.8 Å². The number of anilines is 2. The zero-order valence-corrected chi connectivity index (χ0v) is 15.3. The fraction of sp³-hybridized carbons (Fsp3) is 0.400. The highest BCUT2D eigenvalue weighted by atomic mass is 32.2. The largest absolute Gasteiger partial charge is 0.382 e. The van der Waals surface area contributed by atoms with Gasteiger partial charge in [-0.15, -0.1) is 0 Å². The Morgan fingerprint density at radius 1 is 1.48 bits per heavy atom. The highest BCUT2D eigenvalue weighted by Crippen LogP contribution is 2.22. The van der Waals surface area contributed by atoms with Crippen LogP contribution in [-0.4, -0.2) is 45.9 Å². The number of nitrogens with two attached hydrogens (primary N) is 1. The molecule has 0 spiro atoms. The van der Waals surface area contributed by atoms with Crippen LogP contribution in [-0.2, 0) is 10.0 Å². The number of hydrogen-bond acceptors (Lipinski definition) is 7. The van der Waals surface area contributed by atoms with Gasteiger partial charge in [0.2, 0.25) is 15.7 Å². The Morgan fingerprint density at radius 2 is 2.16 bits per heavy atom. The maximum Gasteiger partial charge on any atom is 0.208 e. The molecule has 5 N–H and O–H groups in total. The number of nitriles is 1. The summed E-state index contributed by atoms with van der Waals surface area (Å²) in [6.07, 6.45) is 1.13. The lowest BCUT2D eigenvalue weighted by atomic mass is 10.1. The second kappa shape index (κ2) is 9.00. The number of hydrogen-bond donors (Lipinski definition) is 4. The van der Waals surface area contributed by atoms with Gasteiger partial charge in [-0.2, -0.15) is 10.4 Å². The second-order valence-corrected chi connectivity index (χ2v) is 7.18. The standard InChI is InChI=1S/C15H23N7O2S/c1-4-22(8-7-19-25(3,23)24)12-5-6-13(11(2)9-12)20-21-14(10-16)15(17)18/h5-6,9,19-20H,4,7-8H2,1-3H3,(H3,17,18)/b21-14+. The average Bonchev–Trinajstić information content (AvgIpc) is 2.52. The lowest BCUT2D eigenvalue weighted by Crippen LogP contribution is -2.34. The molecular formula is C15H23N7O2S. The van der Waals surface area contributed by atoms with E-state index in [0.717, 1.165) is 24.1 Å². The average molecular weight is 365 g/mol. The van der Waals surface area contributed by atoms with Gasteiger partial charge in [0, 0.05) is 25.3 Å². The topological polar surface area (TPSA) is 147 Å². The molecule has 0 heterocycles. The molecule has 0 saturated heterocycles. The highest BCUT2D eigenvalue weighted by Gasteiger charge is 2.08. The molecular weight excluding hydrogens is 342 g/mol. The molecule has 0 unspecified atom stereocenters. The van der Waals surface area contributed by atoms with Crippen molar-refractivity contribution in [2.24, 2.45) is 10.8 Å². The van der Waals surface area contributed by atoms with Crippen molar-refractivity contribution in [3.63, 3.8) is 0 Å². The first-order chi connectivity index (χ1) is 11.7. The Kier molecular flexibility index (Phi) is 7.35. The summed E-state index contributed by atoms with van der Waals surface area (Å²) in [5.41, 5.74) is 10.3. The predicted octanol–water partition coefficient (Wildman–Crippen LogP) is 0.598. The molecule has 0 saturated carbocycles. The van der Waals surface area contributed by atoms with Crippen LogP contribution in [0, 0.1) is 23.7 Å². The molecule has 0 bridgehead atoms. The van der Waals surface area contributed by atoms with Gasteiger partial charge >= 0.3 is 0 Å². The summed E-state index contributed by atoms with van der Waals surface area (Å²) >= 11 is 0. The molecule has 136 valence electrons. The van der Waals surface area contributed by atoms with Crippen LogP contribution in [0.5, 0.6) is 0 Å². The maximum atomic E-state index is 11.1. The minimum atomic E-state index is -3.21. The number of likely N-dealkylation sites (N-methyl/N-ethyl adjacent to an activating group) is 1. The summed E-state index contributed by atoms with van der Waals surface area (Å²) < 4.78 is 24.7. The Hall–Kier alpha value is -2.64. The van der Waals surface area contributed by atoms with E-state index in [4.69, 9.17) is 16.4 Å². The number of hydrazone groups is 1. The number of amidine groups is 1. The molecule has 0 aromatic heterocycles. The van der Waals surface area contributed by atoms with Crippen LogP contribution in [0.1, 0.15) is 12.5 Å². The lowest BCUT2D eigenvalue weighted by Gasteiger charge is -2.24. The van der Waals surface area contributed by atoms with Crippen molar-refractivity contribution in [1.82, 2.24) is 4.72 Å². The fourth-order valence-corrected chi connectivity index (χ4v) is 2.53. The number of benzene rings is 1. The Bertz CT molecular complexity index is 797. The van der Waals surface area contributed by atoms with Gasteiger partial charge in [-0.25, -0.2) is 13.1 Å². The summed E-state index contributed by atoms with van der Waals surface area (Å²) in [6, 6.07) is 7.34. The van der Waals surface area contributed by atoms with Crippen LogP contribution in [0.15, 0.2) is 23.3 Å². The van der Waals surface area contributed by atoms with Gasteiger partial charge in [-0.1, -0.05) is 0 Å². The monoisotopic (exact) mass is 365 g/mol. The van der Waals surface area contributed by atoms with E-state index >= 15 is 0 Å². The van der Waals surface area contributed by atoms with Crippen molar-refractivity contribution in [1.29, 1.82) is 10.7 Å². The molecule has 0 amide bonds. The third-order valence-electron chi connectivity index (χ3n) is 3.35. The quantitative estimate of drug-likeness (QED) is 0.286. The van der Waals surface area contributed by atoms with Crippen molar-refractivity contribution >= 4 is 32.9 Å². The smallest absolute Gasteiger partial charge is 0.208 e. The molecule has 10 heteroatoms. The number of nitrogens with zero attached hydrogens (tertiary/aromatic N) is 3. The molecule has 0 aliphatic heterocycles. The van der Waals surface area contributed by atoms with Crippen LogP contribution < -0.4 is 20.8 Å². The van der Waals surface area contributed by atoms with Crippen molar-refractivity contribution in [3.05, 3.63) is 23.8 Å². The van der Waals surface area contributed by atoms with Gasteiger partial charge in [-0.3, -0.25) is 10.8 Å². The van der Waals surface area contributed by atoms with Gasteiger partial charge in [0.15, 0.2) is 5.84 Å². The van der Waals surface area contributed by atoms with Crippen LogP contribution in [0.2, 0.25) is 0 Å². The lowest BCUT2D eigenvalue weighted by molar-refractivity contribution is 0.587. The van der Waals surface area contributed by atoms with Gasteiger partial charge in [0.25, 0.3) is 0 Å². The third-order valence-corrected chi connectivity index (χ3v) is 4.08. The normalized spacial score (nSPS) is 11.7. The zero-order valence-electron chi connectivity index (χ0n) is 14.5. The number of rotatable bonds is 9. The first kappa shape index (κ1) is 20.4. The molecule has 9 nitrogen and oxygen atoms in total. The Labute approximate surface area is 148 Å². The van der Waals surface area contributed by atoms with Gasteiger partial charge < -0.3 is 10.6 Å². The summed E-state index contributed by atoms with van der Waals surface area (Å²) in [5, 5.41) is 19.9. The minimum Gasteiger partial charge on any atom is -0.382 e. The molecule has 1 aromatic carbocycles. The summed E-state index contributed by atoms with van der Waals surface area (Å²) in [4.78, 5) is 2.04. The molecule has 0 fully saturated rings. The van der Waals surface area contributed by atoms with Crippen molar-refractivity contribution in [2.45, 2.75) is 13.8 Å². The van der Waals surface area contributed by atoms with Crippen LogP contribution in [0.25, 0.3) is 0 Å². The number of aryl methyl sites for hydroxylation is 1. The molecule has 1 aromatic rings. The third kappa shape index (κ3) is 6.78.